The van der Waals surface area contributed by atoms with E-state index in [-0.39, 0.29) is 0 Å². The maximum atomic E-state index is 5.91. The van der Waals surface area contributed by atoms with E-state index in [9.17, 15) is 0 Å². The maximum Gasteiger partial charge on any atom is 0.227 e. The van der Waals surface area contributed by atoms with Crippen LogP contribution in [-0.4, -0.2) is 19.9 Å². The first-order chi connectivity index (χ1) is 64.9. The van der Waals surface area contributed by atoms with E-state index in [0.717, 1.165) is 88.9 Å². The summed E-state index contributed by atoms with van der Waals surface area (Å²) in [6, 6.07) is 130. The van der Waals surface area contributed by atoms with Crippen molar-refractivity contribution in [3.05, 3.63) is 475 Å². The molecule has 0 spiro atoms. The van der Waals surface area contributed by atoms with Crippen molar-refractivity contribution in [1.82, 2.24) is 19.9 Å². The third-order valence-corrected chi connectivity index (χ3v) is 26.2. The summed E-state index contributed by atoms with van der Waals surface area (Å²) < 4.78 is 23.5. The second-order valence-electron chi connectivity index (χ2n) is 32.0. The summed E-state index contributed by atoms with van der Waals surface area (Å²) in [4.78, 5) is 26.3. The van der Waals surface area contributed by atoms with Crippen molar-refractivity contribution in [1.29, 1.82) is 0 Å². The number of para-hydroxylation sites is 4. The lowest BCUT2D eigenvalue weighted by Crippen LogP contribution is -1.80. The minimum Gasteiger partial charge on any atom is -0.436 e. The topological polar surface area (TPSA) is 104 Å². The molecule has 0 aliphatic heterocycles. The molecule has 8 nitrogen and oxygen atoms in total. The Morgan fingerprint density at radius 2 is 0.409 bits per heavy atom. The molecule has 8 aromatic heterocycles. The molecule has 14 aromatic carbocycles. The molecule has 0 aliphatic carbocycles. The Morgan fingerprint density at radius 1 is 0.189 bits per heavy atom. The van der Waals surface area contributed by atoms with E-state index in [1.165, 1.54) is 107 Å². The van der Waals surface area contributed by atoms with Crippen LogP contribution in [-0.2, 0) is 0 Å². The van der Waals surface area contributed by atoms with Crippen LogP contribution in [0.3, 0.4) is 0 Å². The van der Waals surface area contributed by atoms with Crippen LogP contribution in [0.25, 0.3) is 205 Å². The number of aromatic nitrogens is 4. The Hall–Kier alpha value is -15.8. The molecule has 0 unspecified atom stereocenters. The highest BCUT2D eigenvalue weighted by molar-refractivity contribution is 7.16. The molecule has 22 rings (SSSR count). The third-order valence-electron chi connectivity index (χ3n) is 22.3. The zero-order valence-corrected chi connectivity index (χ0v) is 76.2. The average molecular weight is 1780 g/mol. The van der Waals surface area contributed by atoms with Crippen LogP contribution in [0.5, 0.6) is 0 Å². The van der Waals surface area contributed by atoms with Gasteiger partial charge in [0.2, 0.25) is 23.6 Å². The summed E-state index contributed by atoms with van der Waals surface area (Å²) in [7, 11) is 0. The number of nitrogens with zero attached hydrogens (tertiary/aromatic N) is 4. The zero-order chi connectivity index (χ0) is 89.3. The largest absolute Gasteiger partial charge is 0.436 e. The summed E-state index contributed by atoms with van der Waals surface area (Å²) in [5.41, 5.74) is 32.1. The molecule has 0 saturated carbocycles. The van der Waals surface area contributed by atoms with Crippen LogP contribution in [0, 0.1) is 27.7 Å². The number of rotatable bonds is 20. The van der Waals surface area contributed by atoms with E-state index in [0.29, 0.717) is 23.6 Å². The van der Waals surface area contributed by atoms with Crippen molar-refractivity contribution in [2.24, 2.45) is 0 Å². The van der Waals surface area contributed by atoms with Crippen molar-refractivity contribution in [2.45, 2.75) is 27.7 Å². The van der Waals surface area contributed by atoms with Gasteiger partial charge >= 0.3 is 0 Å². The minimum atomic E-state index is 0.636. The lowest BCUT2D eigenvalue weighted by atomic mass is 10.1. The summed E-state index contributed by atoms with van der Waals surface area (Å²) in [6.07, 6.45) is 25.7. The van der Waals surface area contributed by atoms with Gasteiger partial charge in [0, 0.05) is 51.5 Å². The van der Waals surface area contributed by atoms with E-state index in [1.807, 2.05) is 156 Å². The highest BCUT2D eigenvalue weighted by Crippen LogP contribution is 2.36. The molecule has 0 radical (unpaired) electrons. The zero-order valence-electron chi connectivity index (χ0n) is 72.9. The summed E-state index contributed by atoms with van der Waals surface area (Å²) >= 11 is 7.22. The number of hydrogen-bond donors (Lipinski definition) is 0. The lowest BCUT2D eigenvalue weighted by Gasteiger charge is -2.00. The van der Waals surface area contributed by atoms with Gasteiger partial charge in [-0.05, 0) is 272 Å². The Morgan fingerprint density at radius 3 is 0.636 bits per heavy atom. The Kier molecular flexibility index (Phi) is 26.4. The van der Waals surface area contributed by atoms with Gasteiger partial charge in [0.05, 0.1) is 0 Å². The first kappa shape index (κ1) is 85.6. The number of thiophene rings is 4. The molecule has 132 heavy (non-hydrogen) atoms. The summed E-state index contributed by atoms with van der Waals surface area (Å²) in [5, 5.41) is 4.23. The van der Waals surface area contributed by atoms with Crippen LogP contribution in [0.2, 0.25) is 0 Å². The molecular formula is C120H88N4O4S4. The van der Waals surface area contributed by atoms with Crippen LogP contribution in [0.1, 0.15) is 87.6 Å². The van der Waals surface area contributed by atoms with E-state index >= 15 is 0 Å². The normalized spacial score (nSPS) is 11.6. The second-order valence-corrected chi connectivity index (χ2v) is 36.5. The molecule has 0 atom stereocenters. The van der Waals surface area contributed by atoms with Gasteiger partial charge < -0.3 is 17.7 Å². The van der Waals surface area contributed by atoms with Crippen LogP contribution in [0.15, 0.2) is 405 Å². The molecule has 0 bridgehead atoms. The second kappa shape index (κ2) is 40.7. The van der Waals surface area contributed by atoms with Gasteiger partial charge in [0.25, 0.3) is 0 Å². The molecule has 0 aliphatic rings. The minimum absolute atomic E-state index is 0.636. The summed E-state index contributed by atoms with van der Waals surface area (Å²) in [6.45, 7) is 8.41. The number of oxazole rings is 4. The predicted octanol–water partition coefficient (Wildman–Crippen LogP) is 35.1. The third kappa shape index (κ3) is 22.0. The molecule has 0 saturated heterocycles. The lowest BCUT2D eigenvalue weighted by molar-refractivity contribution is 0.619. The van der Waals surface area contributed by atoms with Crippen molar-refractivity contribution in [3.8, 4) is 87.6 Å². The number of aryl methyl sites for hydroxylation is 4. The predicted molar refractivity (Wildman–Crippen MR) is 562 cm³/mol. The smallest absolute Gasteiger partial charge is 0.227 e. The van der Waals surface area contributed by atoms with Gasteiger partial charge in [-0.2, -0.15) is 0 Å². The van der Waals surface area contributed by atoms with Gasteiger partial charge in [-0.15, -0.1) is 45.3 Å². The quantitative estimate of drug-likeness (QED) is 0.0695. The molecule has 0 fully saturated rings. The fourth-order valence-corrected chi connectivity index (χ4v) is 18.2. The van der Waals surface area contributed by atoms with E-state index in [1.54, 1.807) is 22.7 Å². The van der Waals surface area contributed by atoms with Crippen molar-refractivity contribution < 1.29 is 17.7 Å². The van der Waals surface area contributed by atoms with Crippen molar-refractivity contribution >= 4 is 163 Å². The first-order valence-corrected chi connectivity index (χ1v) is 47.1. The fourth-order valence-electron chi connectivity index (χ4n) is 15.0. The van der Waals surface area contributed by atoms with Crippen molar-refractivity contribution in [2.75, 3.05) is 0 Å². The highest BCUT2D eigenvalue weighted by Gasteiger charge is 2.14. The fraction of sp³-hybridized carbons (Fsp3) is 0.0333. The van der Waals surface area contributed by atoms with Crippen molar-refractivity contribution in [3.63, 3.8) is 0 Å². The molecule has 0 N–H and O–H groups in total. The molecule has 12 heteroatoms. The van der Waals surface area contributed by atoms with Crippen LogP contribution >= 0.6 is 45.3 Å². The number of benzene rings is 14. The Bertz CT molecular complexity index is 7290. The van der Waals surface area contributed by atoms with Gasteiger partial charge in [-0.3, -0.25) is 0 Å². The molecule has 8 heterocycles. The van der Waals surface area contributed by atoms with E-state index in [2.05, 4.69) is 374 Å². The molecule has 0 amide bonds. The van der Waals surface area contributed by atoms with Gasteiger partial charge in [-0.1, -0.05) is 316 Å². The van der Waals surface area contributed by atoms with Crippen LogP contribution in [0.4, 0.5) is 0 Å². The van der Waals surface area contributed by atoms with Gasteiger partial charge in [0.1, 0.15) is 22.1 Å². The average Bonchev–Trinajstić information content (AvgIpc) is 1.66. The van der Waals surface area contributed by atoms with E-state index in [4.69, 9.17) is 17.7 Å². The SMILES string of the molecule is C(=C\c1ccc(-c2cccs2)cc1)/c1ccc(/C=C/c2ccc(-c3cccs3)cc2)cc1.C(=C\c1ccc(-c2nc3ccccc3o2)cc1)/c1ccc(-c2nc3ccccc3o2)cc1.Cc1ccc(-c2ccc(/C=C/c3ccc(/C=C/c4ccc(-c5ccc(C)s5)cc4)cc3)cc2)s1.Cc1ccc2oc(-c3ccc(/C=C/c4ccc(-c5nc6cc(C)ccc6o5)cc4)cc3)nc2c1. The van der Waals surface area contributed by atoms with Gasteiger partial charge in [0.15, 0.2) is 22.3 Å². The molecule has 22 aromatic rings. The standard InChI is InChI=1S/C32H26S2.C30H22N2O2.C30H22S2.C28H18N2O2/c1-23-3-21-31(33-23)29-17-13-27(14-18-29)11-9-25-5-7-26(8-6-25)10-12-28-15-19-30(20-16-28)32-22-4-24(2)34-32;1-19-3-15-27-25(17-19)31-29(33-27)23-11-7-21(8-12-23)5-6-22-9-13-24(14-10-22)30-32-26-18-20(2)4-16-28(26)34-30;1-3-29(31-21-1)27-17-13-25(14-18-27)11-9-23-5-7-24(8-6-23)10-12-26-15-19-28(20-16-26)30-4-2-22-32-30;1-3-7-25-23(5-1)29-27(31-25)21-15-11-19(12-16-21)9-10-20-13-17-22(18-14-20)28-30-24-6-2-4-8-26(24)32-28/h3-22H,1-2H3;3-18H,1-2H3;1-22H;1-18H/b11-9+,12-10+;6-5+;11-9+,12-10+;10-9+. The molecule has 636 valence electrons. The maximum absolute atomic E-state index is 5.91. The van der Waals surface area contributed by atoms with Gasteiger partial charge in [-0.25, -0.2) is 19.9 Å². The molecular weight excluding hydrogens is 1690 g/mol. The van der Waals surface area contributed by atoms with E-state index < -0.39 is 0 Å². The summed E-state index contributed by atoms with van der Waals surface area (Å²) in [5.74, 6) is 2.55. The monoisotopic (exact) mass is 1780 g/mol. The first-order valence-electron chi connectivity index (χ1n) is 43.7. The Labute approximate surface area is 783 Å². The number of fused-ring (bicyclic) bond motifs is 4. The highest BCUT2D eigenvalue weighted by atomic mass is 32.1. The van der Waals surface area contributed by atoms with Crippen LogP contribution < -0.4 is 0 Å². The number of hydrogen-bond acceptors (Lipinski definition) is 12. The Balaban J connectivity index is 0.000000114.